The summed E-state index contributed by atoms with van der Waals surface area (Å²) >= 11 is 0. The number of rotatable bonds is 2. The van der Waals surface area contributed by atoms with Gasteiger partial charge in [0.1, 0.15) is 0 Å². The number of hydrogen-bond donors (Lipinski definition) is 0. The third kappa shape index (κ3) is 3.07. The van der Waals surface area contributed by atoms with E-state index in [2.05, 4.69) is 17.1 Å². The predicted molar refractivity (Wildman–Crippen MR) is 64.7 cm³/mol. The fraction of sp³-hybridized carbons (Fsp3) is 0.769. The van der Waals surface area contributed by atoms with E-state index in [4.69, 9.17) is 9.47 Å². The Hall–Kier alpha value is -0.870. The van der Waals surface area contributed by atoms with E-state index in [1.807, 2.05) is 6.92 Å². The van der Waals surface area contributed by atoms with Crippen LogP contribution in [0.5, 0.6) is 0 Å². The maximum absolute atomic E-state index is 11.5. The fourth-order valence-electron chi connectivity index (χ4n) is 2.62. The number of esters is 1. The van der Waals surface area contributed by atoms with Crippen molar-refractivity contribution in [3.05, 3.63) is 12.2 Å². The molecule has 1 aliphatic carbocycles. The zero-order valence-electron chi connectivity index (χ0n) is 10.6. The maximum Gasteiger partial charge on any atom is 0.336 e. The molecule has 0 radical (unpaired) electrons. The molecule has 4 nitrogen and oxygen atoms in total. The van der Waals surface area contributed by atoms with E-state index in [0.717, 1.165) is 6.54 Å². The average Bonchev–Trinajstić information content (AvgIpc) is 2.38. The Morgan fingerprint density at radius 1 is 1.47 bits per heavy atom. The Labute approximate surface area is 103 Å². The van der Waals surface area contributed by atoms with Crippen molar-refractivity contribution in [3.63, 3.8) is 0 Å². The van der Waals surface area contributed by atoms with E-state index in [-0.39, 0.29) is 12.1 Å². The SMILES string of the molecule is COC(=O)C1CN(C2C=CCCC2)C[C@@H](C)O1. The summed E-state index contributed by atoms with van der Waals surface area (Å²) in [6.07, 6.45) is 7.74. The van der Waals surface area contributed by atoms with Crippen molar-refractivity contribution in [3.8, 4) is 0 Å². The number of methoxy groups -OCH3 is 1. The molecule has 4 heteroatoms. The normalized spacial score (nSPS) is 34.6. The zero-order valence-corrected chi connectivity index (χ0v) is 10.6. The molecule has 0 bridgehead atoms. The van der Waals surface area contributed by atoms with Crippen LogP contribution in [-0.2, 0) is 14.3 Å². The largest absolute Gasteiger partial charge is 0.467 e. The van der Waals surface area contributed by atoms with Gasteiger partial charge in [0.15, 0.2) is 6.10 Å². The van der Waals surface area contributed by atoms with Crippen LogP contribution >= 0.6 is 0 Å². The molecule has 0 aromatic carbocycles. The van der Waals surface area contributed by atoms with Gasteiger partial charge in [-0.1, -0.05) is 12.2 Å². The first kappa shape index (κ1) is 12.6. The first-order valence-electron chi connectivity index (χ1n) is 6.34. The number of carbonyl (C=O) groups is 1. The summed E-state index contributed by atoms with van der Waals surface area (Å²) in [5.41, 5.74) is 0. The van der Waals surface area contributed by atoms with Crippen LogP contribution in [0.2, 0.25) is 0 Å². The summed E-state index contributed by atoms with van der Waals surface area (Å²) in [4.78, 5) is 13.9. The molecular weight excluding hydrogens is 218 g/mol. The predicted octanol–water partition coefficient (Wildman–Crippen LogP) is 1.36. The van der Waals surface area contributed by atoms with Gasteiger partial charge in [-0.3, -0.25) is 4.90 Å². The number of hydrogen-bond acceptors (Lipinski definition) is 4. The monoisotopic (exact) mass is 239 g/mol. The lowest BCUT2D eigenvalue weighted by atomic mass is 10.00. The minimum absolute atomic E-state index is 0.0863. The van der Waals surface area contributed by atoms with E-state index in [1.165, 1.54) is 26.4 Å². The van der Waals surface area contributed by atoms with Crippen LogP contribution in [0.3, 0.4) is 0 Å². The first-order valence-corrected chi connectivity index (χ1v) is 6.34. The Morgan fingerprint density at radius 3 is 2.94 bits per heavy atom. The number of allylic oxidation sites excluding steroid dienone is 1. The summed E-state index contributed by atoms with van der Waals surface area (Å²) in [6.45, 7) is 3.54. The summed E-state index contributed by atoms with van der Waals surface area (Å²) in [7, 11) is 1.41. The van der Waals surface area contributed by atoms with Crippen molar-refractivity contribution < 1.29 is 14.3 Å². The Balaban J connectivity index is 2.00. The summed E-state index contributed by atoms with van der Waals surface area (Å²) in [5, 5.41) is 0. The molecule has 17 heavy (non-hydrogen) atoms. The molecule has 96 valence electrons. The van der Waals surface area contributed by atoms with Gasteiger partial charge in [0.2, 0.25) is 0 Å². The van der Waals surface area contributed by atoms with Gasteiger partial charge in [0.25, 0.3) is 0 Å². The number of ether oxygens (including phenoxy) is 2. The molecule has 2 aliphatic rings. The Kier molecular flexibility index (Phi) is 4.18. The van der Waals surface area contributed by atoms with Gasteiger partial charge in [0, 0.05) is 19.1 Å². The van der Waals surface area contributed by atoms with Crippen molar-refractivity contribution in [2.75, 3.05) is 20.2 Å². The molecule has 0 aromatic heterocycles. The summed E-state index contributed by atoms with van der Waals surface area (Å²) in [5.74, 6) is -0.263. The highest BCUT2D eigenvalue weighted by atomic mass is 16.6. The highest BCUT2D eigenvalue weighted by molar-refractivity contribution is 5.75. The molecule has 0 saturated carbocycles. The van der Waals surface area contributed by atoms with Crippen molar-refractivity contribution >= 4 is 5.97 Å². The van der Waals surface area contributed by atoms with E-state index in [9.17, 15) is 4.79 Å². The zero-order chi connectivity index (χ0) is 12.3. The van der Waals surface area contributed by atoms with Crippen molar-refractivity contribution in [1.82, 2.24) is 4.90 Å². The van der Waals surface area contributed by atoms with Crippen LogP contribution < -0.4 is 0 Å². The second-order valence-corrected chi connectivity index (χ2v) is 4.84. The molecule has 1 fully saturated rings. The summed E-state index contributed by atoms with van der Waals surface area (Å²) < 4.78 is 10.4. The second kappa shape index (κ2) is 5.65. The molecular formula is C13H21NO3. The van der Waals surface area contributed by atoms with Crippen LogP contribution in [0.4, 0.5) is 0 Å². The fourth-order valence-corrected chi connectivity index (χ4v) is 2.62. The van der Waals surface area contributed by atoms with Gasteiger partial charge in [-0.2, -0.15) is 0 Å². The standard InChI is InChI=1S/C13H21NO3/c1-10-8-14(11-6-4-3-5-7-11)9-12(17-10)13(15)16-2/h4,6,10-12H,3,5,7-9H2,1-2H3/t10-,11?,12?/m1/s1. The molecule has 1 heterocycles. The van der Waals surface area contributed by atoms with Crippen LogP contribution in [0.15, 0.2) is 12.2 Å². The lowest BCUT2D eigenvalue weighted by Gasteiger charge is -2.40. The van der Waals surface area contributed by atoms with E-state index >= 15 is 0 Å². The van der Waals surface area contributed by atoms with Gasteiger partial charge < -0.3 is 9.47 Å². The maximum atomic E-state index is 11.5. The van der Waals surface area contributed by atoms with E-state index in [1.54, 1.807) is 0 Å². The van der Waals surface area contributed by atoms with Gasteiger partial charge >= 0.3 is 5.97 Å². The number of morpholine rings is 1. The minimum atomic E-state index is -0.431. The minimum Gasteiger partial charge on any atom is -0.467 e. The Morgan fingerprint density at radius 2 is 2.29 bits per heavy atom. The van der Waals surface area contributed by atoms with Crippen LogP contribution in [-0.4, -0.2) is 49.3 Å². The average molecular weight is 239 g/mol. The first-order chi connectivity index (χ1) is 8.20. The third-order valence-electron chi connectivity index (χ3n) is 3.45. The van der Waals surface area contributed by atoms with Crippen LogP contribution in [0, 0.1) is 0 Å². The molecule has 2 unspecified atom stereocenters. The van der Waals surface area contributed by atoms with E-state index < -0.39 is 6.10 Å². The highest BCUT2D eigenvalue weighted by Crippen LogP contribution is 2.21. The number of nitrogens with zero attached hydrogens (tertiary/aromatic N) is 1. The van der Waals surface area contributed by atoms with Crippen LogP contribution in [0.25, 0.3) is 0 Å². The van der Waals surface area contributed by atoms with Crippen molar-refractivity contribution in [1.29, 1.82) is 0 Å². The highest BCUT2D eigenvalue weighted by Gasteiger charge is 2.33. The molecule has 2 rings (SSSR count). The molecule has 0 aromatic rings. The molecule has 1 aliphatic heterocycles. The molecule has 1 saturated heterocycles. The molecule has 0 amide bonds. The van der Waals surface area contributed by atoms with E-state index in [0.29, 0.717) is 12.6 Å². The van der Waals surface area contributed by atoms with Crippen LogP contribution in [0.1, 0.15) is 26.2 Å². The van der Waals surface area contributed by atoms with Crippen molar-refractivity contribution in [2.45, 2.75) is 44.4 Å². The lowest BCUT2D eigenvalue weighted by Crippen LogP contribution is -2.53. The van der Waals surface area contributed by atoms with Gasteiger partial charge in [-0.15, -0.1) is 0 Å². The van der Waals surface area contributed by atoms with Crippen molar-refractivity contribution in [2.24, 2.45) is 0 Å². The summed E-state index contributed by atoms with van der Waals surface area (Å²) in [6, 6.07) is 0.460. The van der Waals surface area contributed by atoms with Gasteiger partial charge in [-0.25, -0.2) is 4.79 Å². The third-order valence-corrected chi connectivity index (χ3v) is 3.45. The molecule has 3 atom stereocenters. The molecule has 0 spiro atoms. The Bertz CT molecular complexity index is 303. The number of carbonyl (C=O) groups excluding carboxylic acids is 1. The quantitative estimate of drug-likeness (QED) is 0.539. The smallest absolute Gasteiger partial charge is 0.336 e. The molecule has 0 N–H and O–H groups in total. The lowest BCUT2D eigenvalue weighted by molar-refractivity contribution is -0.167. The van der Waals surface area contributed by atoms with Gasteiger partial charge in [-0.05, 0) is 26.2 Å². The topological polar surface area (TPSA) is 38.8 Å². The second-order valence-electron chi connectivity index (χ2n) is 4.84. The van der Waals surface area contributed by atoms with Gasteiger partial charge in [0.05, 0.1) is 13.2 Å².